The maximum absolute atomic E-state index is 4.30. The molecular weight excluding hydrogens is 248 g/mol. The van der Waals surface area contributed by atoms with E-state index in [1.54, 1.807) is 6.20 Å². The predicted molar refractivity (Wildman–Crippen MR) is 80.3 cm³/mol. The molecule has 0 aliphatic carbocycles. The number of hydrogen-bond donors (Lipinski definition) is 2. The first-order chi connectivity index (χ1) is 9.81. The Bertz CT molecular complexity index is 672. The fraction of sp³-hybridized carbons (Fsp3) is 0.125. The number of aryl methyl sites for hydroxylation is 1. The highest BCUT2D eigenvalue weighted by Crippen LogP contribution is 2.20. The molecule has 0 saturated heterocycles. The van der Waals surface area contributed by atoms with Crippen molar-refractivity contribution in [3.05, 3.63) is 66.1 Å². The number of anilines is 1. The summed E-state index contributed by atoms with van der Waals surface area (Å²) in [5.41, 5.74) is 5.43. The van der Waals surface area contributed by atoms with Crippen LogP contribution in [0, 0.1) is 6.92 Å². The quantitative estimate of drug-likeness (QED) is 0.759. The normalized spacial score (nSPS) is 10.4. The first kappa shape index (κ1) is 12.4. The minimum absolute atomic E-state index is 0.764. The summed E-state index contributed by atoms with van der Waals surface area (Å²) in [5.74, 6) is 0. The van der Waals surface area contributed by atoms with Gasteiger partial charge in [0, 0.05) is 35.9 Å². The molecule has 4 nitrogen and oxygen atoms in total. The molecule has 100 valence electrons. The molecule has 1 aromatic carbocycles. The van der Waals surface area contributed by atoms with Crippen LogP contribution in [0.4, 0.5) is 5.69 Å². The molecule has 0 spiro atoms. The van der Waals surface area contributed by atoms with Gasteiger partial charge in [0.05, 0.1) is 5.69 Å². The Morgan fingerprint density at radius 2 is 2.10 bits per heavy atom. The van der Waals surface area contributed by atoms with E-state index < -0.39 is 0 Å². The van der Waals surface area contributed by atoms with Crippen molar-refractivity contribution >= 4 is 5.69 Å². The van der Waals surface area contributed by atoms with Gasteiger partial charge in [0.15, 0.2) is 0 Å². The van der Waals surface area contributed by atoms with E-state index in [0.717, 1.165) is 29.2 Å². The van der Waals surface area contributed by atoms with E-state index in [4.69, 9.17) is 0 Å². The van der Waals surface area contributed by atoms with Crippen molar-refractivity contribution in [2.45, 2.75) is 13.5 Å². The van der Waals surface area contributed by atoms with E-state index in [1.165, 1.54) is 5.56 Å². The number of nitrogens with one attached hydrogen (secondary N) is 2. The van der Waals surface area contributed by atoms with Gasteiger partial charge in [0.2, 0.25) is 0 Å². The molecule has 0 aliphatic heterocycles. The summed E-state index contributed by atoms with van der Waals surface area (Å²) in [7, 11) is 0. The topological polar surface area (TPSA) is 53.6 Å². The number of aromatic nitrogens is 3. The van der Waals surface area contributed by atoms with Gasteiger partial charge in [-0.15, -0.1) is 0 Å². The Balaban J connectivity index is 1.72. The minimum atomic E-state index is 0.764. The highest BCUT2D eigenvalue weighted by Gasteiger charge is 2.00. The van der Waals surface area contributed by atoms with E-state index >= 15 is 0 Å². The van der Waals surface area contributed by atoms with Gasteiger partial charge in [-0.05, 0) is 36.8 Å². The molecule has 0 bridgehead atoms. The van der Waals surface area contributed by atoms with Crippen molar-refractivity contribution in [3.8, 4) is 11.3 Å². The van der Waals surface area contributed by atoms with Crippen molar-refractivity contribution in [1.82, 2.24) is 15.2 Å². The molecule has 0 atom stereocenters. The van der Waals surface area contributed by atoms with Crippen LogP contribution in [0.5, 0.6) is 0 Å². The van der Waals surface area contributed by atoms with Gasteiger partial charge in [0.25, 0.3) is 0 Å². The van der Waals surface area contributed by atoms with Crippen LogP contribution >= 0.6 is 0 Å². The van der Waals surface area contributed by atoms with Crippen LogP contribution in [-0.4, -0.2) is 15.2 Å². The molecule has 2 N–H and O–H groups in total. The summed E-state index contributed by atoms with van der Waals surface area (Å²) in [6, 6.07) is 14.3. The summed E-state index contributed by atoms with van der Waals surface area (Å²) < 4.78 is 0. The van der Waals surface area contributed by atoms with Gasteiger partial charge >= 0.3 is 0 Å². The summed E-state index contributed by atoms with van der Waals surface area (Å²) in [6.45, 7) is 2.75. The molecular formula is C16H16N4. The maximum atomic E-state index is 4.30. The molecule has 0 aliphatic rings. The molecule has 0 fully saturated rings. The lowest BCUT2D eigenvalue weighted by molar-refractivity contribution is 1.08. The van der Waals surface area contributed by atoms with E-state index in [0.29, 0.717) is 0 Å². The Kier molecular flexibility index (Phi) is 3.46. The Morgan fingerprint density at radius 1 is 1.15 bits per heavy atom. The zero-order chi connectivity index (χ0) is 13.8. The lowest BCUT2D eigenvalue weighted by Gasteiger charge is -2.08. The van der Waals surface area contributed by atoms with Gasteiger partial charge in [-0.3, -0.25) is 10.1 Å². The smallest absolute Gasteiger partial charge is 0.0650 e. The highest BCUT2D eigenvalue weighted by molar-refractivity contribution is 5.64. The zero-order valence-corrected chi connectivity index (χ0v) is 11.3. The summed E-state index contributed by atoms with van der Waals surface area (Å²) >= 11 is 0. The monoisotopic (exact) mass is 264 g/mol. The molecule has 3 rings (SSSR count). The first-order valence-corrected chi connectivity index (χ1v) is 6.56. The molecule has 0 unspecified atom stereocenters. The molecule has 2 heterocycles. The van der Waals surface area contributed by atoms with Crippen molar-refractivity contribution in [2.75, 3.05) is 5.32 Å². The standard InChI is InChI=1S/C16H16N4/c1-12-5-6-13(10-17-12)11-18-15-4-2-3-14(9-15)16-7-8-19-20-16/h2-10,18H,11H2,1H3,(H,19,20). The van der Waals surface area contributed by atoms with Crippen LogP contribution in [0.25, 0.3) is 11.3 Å². The second-order valence-electron chi connectivity index (χ2n) is 4.71. The van der Waals surface area contributed by atoms with Gasteiger partial charge in [-0.2, -0.15) is 5.10 Å². The lowest BCUT2D eigenvalue weighted by atomic mass is 10.1. The van der Waals surface area contributed by atoms with Gasteiger partial charge in [-0.1, -0.05) is 18.2 Å². The van der Waals surface area contributed by atoms with Gasteiger partial charge < -0.3 is 5.32 Å². The number of rotatable bonds is 4. The van der Waals surface area contributed by atoms with E-state index in [9.17, 15) is 0 Å². The SMILES string of the molecule is Cc1ccc(CNc2cccc(-c3ccn[nH]3)c2)cn1. The lowest BCUT2D eigenvalue weighted by Crippen LogP contribution is -2.00. The number of nitrogens with zero attached hydrogens (tertiary/aromatic N) is 2. The molecule has 0 saturated carbocycles. The van der Waals surface area contributed by atoms with Crippen LogP contribution in [0.2, 0.25) is 0 Å². The molecule has 4 heteroatoms. The van der Waals surface area contributed by atoms with Crippen molar-refractivity contribution < 1.29 is 0 Å². The first-order valence-electron chi connectivity index (χ1n) is 6.56. The molecule has 3 aromatic rings. The number of pyridine rings is 1. The second-order valence-corrected chi connectivity index (χ2v) is 4.71. The molecule has 20 heavy (non-hydrogen) atoms. The van der Waals surface area contributed by atoms with Crippen LogP contribution in [0.3, 0.4) is 0 Å². The van der Waals surface area contributed by atoms with Crippen LogP contribution < -0.4 is 5.32 Å². The van der Waals surface area contributed by atoms with Crippen LogP contribution in [0.1, 0.15) is 11.3 Å². The third kappa shape index (κ3) is 2.85. The molecule has 2 aromatic heterocycles. The number of benzene rings is 1. The fourth-order valence-electron chi connectivity index (χ4n) is 2.02. The highest BCUT2D eigenvalue weighted by atomic mass is 15.1. The van der Waals surface area contributed by atoms with E-state index in [1.807, 2.05) is 31.3 Å². The van der Waals surface area contributed by atoms with Crippen molar-refractivity contribution in [1.29, 1.82) is 0 Å². The third-order valence-electron chi connectivity index (χ3n) is 3.14. The third-order valence-corrected chi connectivity index (χ3v) is 3.14. The number of aromatic amines is 1. The zero-order valence-electron chi connectivity index (χ0n) is 11.3. The van der Waals surface area contributed by atoms with Gasteiger partial charge in [0.1, 0.15) is 0 Å². The Morgan fingerprint density at radius 3 is 2.85 bits per heavy atom. The average molecular weight is 264 g/mol. The van der Waals surface area contributed by atoms with Gasteiger partial charge in [-0.25, -0.2) is 0 Å². The van der Waals surface area contributed by atoms with Crippen molar-refractivity contribution in [2.24, 2.45) is 0 Å². The summed E-state index contributed by atoms with van der Waals surface area (Å²) in [4.78, 5) is 4.30. The minimum Gasteiger partial charge on any atom is -0.381 e. The second kappa shape index (κ2) is 5.57. The van der Waals surface area contributed by atoms with Crippen LogP contribution in [0.15, 0.2) is 54.9 Å². The summed E-state index contributed by atoms with van der Waals surface area (Å²) in [5, 5.41) is 10.4. The maximum Gasteiger partial charge on any atom is 0.0650 e. The van der Waals surface area contributed by atoms with Crippen LogP contribution in [-0.2, 0) is 6.54 Å². The van der Waals surface area contributed by atoms with E-state index in [2.05, 4.69) is 44.8 Å². The molecule has 0 radical (unpaired) electrons. The fourth-order valence-corrected chi connectivity index (χ4v) is 2.02. The van der Waals surface area contributed by atoms with Crippen molar-refractivity contribution in [3.63, 3.8) is 0 Å². The molecule has 0 amide bonds. The average Bonchev–Trinajstić information content (AvgIpc) is 3.01. The number of hydrogen-bond acceptors (Lipinski definition) is 3. The number of H-pyrrole nitrogens is 1. The Hall–Kier alpha value is -2.62. The predicted octanol–water partition coefficient (Wildman–Crippen LogP) is 3.39. The summed E-state index contributed by atoms with van der Waals surface area (Å²) in [6.07, 6.45) is 3.66. The Labute approximate surface area is 117 Å². The van der Waals surface area contributed by atoms with E-state index in [-0.39, 0.29) is 0 Å². The largest absolute Gasteiger partial charge is 0.381 e.